The molecule has 0 aliphatic rings. The van der Waals surface area contributed by atoms with E-state index in [9.17, 15) is 15.0 Å². The van der Waals surface area contributed by atoms with Crippen molar-refractivity contribution in [3.05, 3.63) is 48.6 Å². The molecule has 460 valence electrons. The number of rotatable bonds is 67. The van der Waals surface area contributed by atoms with Gasteiger partial charge in [0.05, 0.1) is 18.8 Å². The summed E-state index contributed by atoms with van der Waals surface area (Å²) in [6.07, 6.45) is 97.9. The van der Waals surface area contributed by atoms with E-state index < -0.39 is 12.1 Å². The first-order chi connectivity index (χ1) is 38.7. The van der Waals surface area contributed by atoms with Crippen molar-refractivity contribution in [1.82, 2.24) is 5.32 Å². The van der Waals surface area contributed by atoms with Crippen LogP contribution in [0.15, 0.2) is 48.6 Å². The second-order valence-corrected chi connectivity index (χ2v) is 24.6. The molecule has 3 N–H and O–H groups in total. The average Bonchev–Trinajstić information content (AvgIpc) is 3.44. The van der Waals surface area contributed by atoms with Crippen LogP contribution in [0.1, 0.15) is 399 Å². The Balaban J connectivity index is 3.44. The number of aliphatic hydroxyl groups excluding tert-OH is 2. The maximum Gasteiger partial charge on any atom is 0.220 e. The lowest BCUT2D eigenvalue weighted by molar-refractivity contribution is -0.123. The van der Waals surface area contributed by atoms with Crippen LogP contribution in [0.25, 0.3) is 0 Å². The Morgan fingerprint density at radius 1 is 0.308 bits per heavy atom. The molecule has 2 unspecified atom stereocenters. The van der Waals surface area contributed by atoms with Gasteiger partial charge in [0, 0.05) is 6.42 Å². The highest BCUT2D eigenvalue weighted by Crippen LogP contribution is 2.19. The number of unbranched alkanes of at least 4 members (excludes halogenated alkanes) is 54. The van der Waals surface area contributed by atoms with Crippen molar-refractivity contribution in [3.63, 3.8) is 0 Å². The van der Waals surface area contributed by atoms with Crippen molar-refractivity contribution in [3.8, 4) is 0 Å². The van der Waals surface area contributed by atoms with Crippen LogP contribution in [-0.2, 0) is 4.79 Å². The lowest BCUT2D eigenvalue weighted by atomic mass is 10.0. The first-order valence-corrected chi connectivity index (χ1v) is 35.9. The van der Waals surface area contributed by atoms with Gasteiger partial charge >= 0.3 is 0 Å². The van der Waals surface area contributed by atoms with Crippen molar-refractivity contribution in [2.45, 2.75) is 411 Å². The molecule has 0 aromatic rings. The Morgan fingerprint density at radius 2 is 0.538 bits per heavy atom. The predicted octanol–water partition coefficient (Wildman–Crippen LogP) is 24.5. The van der Waals surface area contributed by atoms with E-state index in [0.29, 0.717) is 6.42 Å². The average molecular weight is 1090 g/mol. The van der Waals surface area contributed by atoms with E-state index in [0.717, 1.165) is 38.5 Å². The first-order valence-electron chi connectivity index (χ1n) is 35.9. The Morgan fingerprint density at radius 3 is 0.821 bits per heavy atom. The van der Waals surface area contributed by atoms with Crippen LogP contribution in [-0.4, -0.2) is 34.9 Å². The quantitative estimate of drug-likeness (QED) is 0.0420. The lowest BCUT2D eigenvalue weighted by Crippen LogP contribution is -2.45. The second-order valence-electron chi connectivity index (χ2n) is 24.6. The fraction of sp³-hybridized carbons (Fsp3) is 0.878. The van der Waals surface area contributed by atoms with E-state index in [1.165, 1.54) is 340 Å². The molecule has 1 amide bonds. The van der Waals surface area contributed by atoms with Crippen LogP contribution in [0.3, 0.4) is 0 Å². The number of aliphatic hydroxyl groups is 2. The molecule has 0 bridgehead atoms. The fourth-order valence-electron chi connectivity index (χ4n) is 11.3. The van der Waals surface area contributed by atoms with Crippen molar-refractivity contribution in [1.29, 1.82) is 0 Å². The molecular formula is C74H141NO3. The van der Waals surface area contributed by atoms with Crippen molar-refractivity contribution in [2.75, 3.05) is 6.61 Å². The number of allylic oxidation sites excluding steroid dienone is 7. The number of hydrogen-bond acceptors (Lipinski definition) is 3. The van der Waals surface area contributed by atoms with Gasteiger partial charge in [-0.25, -0.2) is 0 Å². The summed E-state index contributed by atoms with van der Waals surface area (Å²) in [6, 6.07) is -0.641. The van der Waals surface area contributed by atoms with Crippen LogP contribution in [0.4, 0.5) is 0 Å². The third kappa shape index (κ3) is 65.2. The molecule has 0 aliphatic carbocycles. The summed E-state index contributed by atoms with van der Waals surface area (Å²) >= 11 is 0. The molecule has 4 heteroatoms. The minimum Gasteiger partial charge on any atom is -0.394 e. The Kier molecular flexibility index (Phi) is 68.1. The standard InChI is InChI=1S/C74H141NO3/c1-3-5-7-9-11-13-15-17-19-21-23-25-27-29-31-33-35-37-39-41-43-45-47-49-51-53-55-57-59-61-63-65-67-69-73(77)72(71-76)75-74(78)70-68-66-64-62-60-58-56-54-52-50-48-46-44-42-40-38-36-34-32-30-28-26-24-22-20-18-16-14-12-10-8-6-4-2/h16,18,22,24,59,61,67,69,72-73,76-77H,3-15,17,19-21,23,25-58,60,62-66,68,70-71H2,1-2H3,(H,75,78)/b18-16-,24-22-,61-59+,69-67+. The largest absolute Gasteiger partial charge is 0.394 e. The van der Waals surface area contributed by atoms with Gasteiger partial charge in [-0.3, -0.25) is 4.79 Å². The maximum absolute atomic E-state index is 12.5. The zero-order valence-electron chi connectivity index (χ0n) is 53.2. The molecule has 2 atom stereocenters. The van der Waals surface area contributed by atoms with Gasteiger partial charge < -0.3 is 15.5 Å². The highest BCUT2D eigenvalue weighted by molar-refractivity contribution is 5.76. The normalized spacial score (nSPS) is 12.9. The van der Waals surface area contributed by atoms with Gasteiger partial charge in [0.2, 0.25) is 5.91 Å². The van der Waals surface area contributed by atoms with Gasteiger partial charge in [0.25, 0.3) is 0 Å². The van der Waals surface area contributed by atoms with Crippen molar-refractivity contribution < 1.29 is 15.0 Å². The van der Waals surface area contributed by atoms with Gasteiger partial charge in [-0.2, -0.15) is 0 Å². The monoisotopic (exact) mass is 1090 g/mol. The number of carbonyl (C=O) groups excluding carboxylic acids is 1. The van der Waals surface area contributed by atoms with Gasteiger partial charge in [0.1, 0.15) is 0 Å². The van der Waals surface area contributed by atoms with Gasteiger partial charge in [-0.05, 0) is 64.2 Å². The number of carbonyl (C=O) groups is 1. The van der Waals surface area contributed by atoms with E-state index >= 15 is 0 Å². The zero-order chi connectivity index (χ0) is 56.2. The van der Waals surface area contributed by atoms with Crippen LogP contribution in [0.5, 0.6) is 0 Å². The van der Waals surface area contributed by atoms with Gasteiger partial charge in [-0.1, -0.05) is 377 Å². The second kappa shape index (κ2) is 69.6. The Bertz CT molecular complexity index is 1240. The zero-order valence-corrected chi connectivity index (χ0v) is 53.2. The molecule has 0 rings (SSSR count). The van der Waals surface area contributed by atoms with E-state index in [2.05, 4.69) is 55.6 Å². The maximum atomic E-state index is 12.5. The highest BCUT2D eigenvalue weighted by Gasteiger charge is 2.18. The number of hydrogen-bond donors (Lipinski definition) is 3. The van der Waals surface area contributed by atoms with Crippen molar-refractivity contribution >= 4 is 5.91 Å². The van der Waals surface area contributed by atoms with Crippen molar-refractivity contribution in [2.24, 2.45) is 0 Å². The third-order valence-electron chi connectivity index (χ3n) is 16.8. The van der Waals surface area contributed by atoms with Gasteiger partial charge in [0.15, 0.2) is 0 Å². The van der Waals surface area contributed by atoms with E-state index in [1.807, 2.05) is 6.08 Å². The fourth-order valence-corrected chi connectivity index (χ4v) is 11.3. The molecule has 0 aliphatic heterocycles. The summed E-state index contributed by atoms with van der Waals surface area (Å²) in [6.45, 7) is 4.33. The third-order valence-corrected chi connectivity index (χ3v) is 16.8. The number of nitrogens with one attached hydrogen (secondary N) is 1. The van der Waals surface area contributed by atoms with E-state index in [1.54, 1.807) is 6.08 Å². The molecule has 0 spiro atoms. The summed E-state index contributed by atoms with van der Waals surface area (Å²) < 4.78 is 0. The molecule has 0 radical (unpaired) electrons. The molecule has 78 heavy (non-hydrogen) atoms. The van der Waals surface area contributed by atoms with Crippen LogP contribution < -0.4 is 5.32 Å². The van der Waals surface area contributed by atoms with Crippen LogP contribution >= 0.6 is 0 Å². The Hall–Kier alpha value is -1.65. The minimum absolute atomic E-state index is 0.0663. The molecule has 0 fully saturated rings. The molecule has 0 saturated carbocycles. The SMILES string of the molecule is CCCCCCC/C=C\C/C=C\CCCCCCCCCCCCCCCCCCCCCCCC(=O)NC(CO)C(O)/C=C/CC/C=C/CCCCCCCCCCCCCCCCCCCCCCCCCCCCC. The summed E-state index contributed by atoms with van der Waals surface area (Å²) in [5.74, 6) is -0.0663. The highest BCUT2D eigenvalue weighted by atomic mass is 16.3. The molecule has 0 aromatic heterocycles. The molecule has 0 saturated heterocycles. The van der Waals surface area contributed by atoms with Gasteiger partial charge in [-0.15, -0.1) is 0 Å². The summed E-state index contributed by atoms with van der Waals surface area (Å²) in [5, 5.41) is 23.3. The summed E-state index contributed by atoms with van der Waals surface area (Å²) in [7, 11) is 0. The topological polar surface area (TPSA) is 69.6 Å². The Labute approximate surface area is 490 Å². The predicted molar refractivity (Wildman–Crippen MR) is 350 cm³/mol. The lowest BCUT2D eigenvalue weighted by Gasteiger charge is -2.19. The molecule has 0 heterocycles. The molecule has 0 aromatic carbocycles. The smallest absolute Gasteiger partial charge is 0.220 e. The number of amides is 1. The summed E-state index contributed by atoms with van der Waals surface area (Å²) in [5.41, 5.74) is 0. The van der Waals surface area contributed by atoms with Crippen LogP contribution in [0.2, 0.25) is 0 Å². The first kappa shape index (κ1) is 76.3. The molecule has 4 nitrogen and oxygen atoms in total. The van der Waals surface area contributed by atoms with E-state index in [4.69, 9.17) is 0 Å². The minimum atomic E-state index is -0.864. The van der Waals surface area contributed by atoms with Crippen LogP contribution in [0, 0.1) is 0 Å². The summed E-state index contributed by atoms with van der Waals surface area (Å²) in [4.78, 5) is 12.5. The van der Waals surface area contributed by atoms with E-state index in [-0.39, 0.29) is 12.5 Å². The molecular weight excluding hydrogens is 951 g/mol.